The highest BCUT2D eigenvalue weighted by Crippen LogP contribution is 2.19. The Labute approximate surface area is 141 Å². The molecule has 0 unspecified atom stereocenters. The summed E-state index contributed by atoms with van der Waals surface area (Å²) in [6.45, 7) is 0. The van der Waals surface area contributed by atoms with Crippen molar-refractivity contribution in [1.29, 1.82) is 5.26 Å². The fraction of sp³-hybridized carbons (Fsp3) is 0. The third-order valence-corrected chi connectivity index (χ3v) is 4.46. The summed E-state index contributed by atoms with van der Waals surface area (Å²) in [5.74, 6) is -0.791. The van der Waals surface area contributed by atoms with Gasteiger partial charge in [0, 0.05) is 22.9 Å². The number of halogens is 1. The summed E-state index contributed by atoms with van der Waals surface area (Å²) in [4.78, 5) is 15.4. The molecular weight excluding hydrogens is 382 g/mol. The van der Waals surface area contributed by atoms with Gasteiger partial charge >= 0.3 is 0 Å². The summed E-state index contributed by atoms with van der Waals surface area (Å²) >= 11 is 3.13. The average molecular weight is 392 g/mol. The molecule has 8 heteroatoms. The maximum absolute atomic E-state index is 12.2. The Kier molecular flexibility index (Phi) is 5.26. The molecule has 1 amide bonds. The lowest BCUT2D eigenvalue weighted by molar-refractivity contribution is -0.114. The molecule has 1 N–H and O–H groups in total. The lowest BCUT2D eigenvalue weighted by Crippen LogP contribution is -2.29. The number of rotatable bonds is 4. The van der Waals surface area contributed by atoms with Crippen LogP contribution in [0.3, 0.4) is 0 Å². The minimum Gasteiger partial charge on any atom is -0.269 e. The van der Waals surface area contributed by atoms with E-state index in [1.54, 1.807) is 24.5 Å². The van der Waals surface area contributed by atoms with Crippen LogP contribution < -0.4 is 4.72 Å². The van der Waals surface area contributed by atoms with Crippen molar-refractivity contribution >= 4 is 37.9 Å². The highest BCUT2D eigenvalue weighted by molar-refractivity contribution is 9.10. The number of sulfonamides is 1. The number of nitrogens with one attached hydrogen (secondary N) is 1. The van der Waals surface area contributed by atoms with E-state index in [1.165, 1.54) is 24.3 Å². The van der Waals surface area contributed by atoms with E-state index in [-0.39, 0.29) is 10.5 Å². The van der Waals surface area contributed by atoms with Crippen LogP contribution in [0.15, 0.2) is 58.2 Å². The minimum atomic E-state index is -4.06. The molecule has 1 heterocycles. The molecule has 0 aliphatic heterocycles. The molecule has 0 radical (unpaired) electrons. The lowest BCUT2D eigenvalue weighted by Gasteiger charge is -2.06. The fourth-order valence-electron chi connectivity index (χ4n) is 1.65. The first kappa shape index (κ1) is 16.9. The maximum Gasteiger partial charge on any atom is 0.264 e. The predicted octanol–water partition coefficient (Wildman–Crippen LogP) is 2.23. The number of nitriles is 1. The highest BCUT2D eigenvalue weighted by Gasteiger charge is 2.17. The smallest absolute Gasteiger partial charge is 0.264 e. The zero-order valence-electron chi connectivity index (χ0n) is 11.6. The molecule has 0 aliphatic carbocycles. The van der Waals surface area contributed by atoms with E-state index in [2.05, 4.69) is 20.9 Å². The van der Waals surface area contributed by atoms with Gasteiger partial charge in [0.05, 0.1) is 16.5 Å². The number of amides is 1. The van der Waals surface area contributed by atoms with Gasteiger partial charge in [-0.25, -0.2) is 13.1 Å². The third kappa shape index (κ3) is 4.74. The lowest BCUT2D eigenvalue weighted by atomic mass is 10.2. The van der Waals surface area contributed by atoms with Gasteiger partial charge in [0.2, 0.25) is 0 Å². The fourth-order valence-corrected chi connectivity index (χ4v) is 3.31. The Bertz CT molecular complexity index is 903. The monoisotopic (exact) mass is 391 g/mol. The Morgan fingerprint density at radius 2 is 1.96 bits per heavy atom. The summed E-state index contributed by atoms with van der Waals surface area (Å²) in [6, 6.07) is 9.17. The Hall–Kier alpha value is -2.50. The van der Waals surface area contributed by atoms with Crippen molar-refractivity contribution in [3.63, 3.8) is 0 Å². The summed E-state index contributed by atoms with van der Waals surface area (Å²) in [5, 5.41) is 8.88. The molecule has 0 saturated heterocycles. The number of hydrogen-bond acceptors (Lipinski definition) is 5. The number of benzene rings is 1. The second kappa shape index (κ2) is 7.17. The quantitative estimate of drug-likeness (QED) is 0.805. The number of pyridine rings is 1. The molecule has 23 heavy (non-hydrogen) atoms. The van der Waals surface area contributed by atoms with Crippen LogP contribution in [0.25, 0.3) is 6.08 Å². The van der Waals surface area contributed by atoms with Crippen LogP contribution in [0.4, 0.5) is 0 Å². The molecule has 116 valence electrons. The van der Waals surface area contributed by atoms with Crippen LogP contribution in [0.5, 0.6) is 0 Å². The summed E-state index contributed by atoms with van der Waals surface area (Å²) < 4.78 is 26.7. The van der Waals surface area contributed by atoms with Crippen LogP contribution >= 0.6 is 15.9 Å². The first-order chi connectivity index (χ1) is 10.9. The molecule has 0 saturated carbocycles. The molecule has 2 aromatic rings. The standard InChI is InChI=1S/C15H10BrN3O3S/c16-13-7-12(10-17)8-14(9-13)23(21,22)19-15(20)2-1-11-3-5-18-6-4-11/h1-9H,(H,19,20)/b2-1+. The third-order valence-electron chi connectivity index (χ3n) is 2.68. The normalized spacial score (nSPS) is 11.1. The van der Waals surface area contributed by atoms with Crippen LogP contribution in [0.1, 0.15) is 11.1 Å². The summed E-state index contributed by atoms with van der Waals surface area (Å²) in [6.07, 6.45) is 5.68. The number of carbonyl (C=O) groups is 1. The minimum absolute atomic E-state index is 0.166. The number of carbonyl (C=O) groups excluding carboxylic acids is 1. The first-order valence-electron chi connectivity index (χ1n) is 6.26. The largest absolute Gasteiger partial charge is 0.269 e. The maximum atomic E-state index is 12.2. The number of aromatic nitrogens is 1. The van der Waals surface area contributed by atoms with Crippen molar-refractivity contribution in [1.82, 2.24) is 9.71 Å². The van der Waals surface area contributed by atoms with Crippen molar-refractivity contribution in [2.45, 2.75) is 4.90 Å². The molecular formula is C15H10BrN3O3S. The van der Waals surface area contributed by atoms with Gasteiger partial charge in [0.1, 0.15) is 0 Å². The van der Waals surface area contributed by atoms with E-state index in [9.17, 15) is 13.2 Å². The molecule has 1 aromatic heterocycles. The van der Waals surface area contributed by atoms with E-state index < -0.39 is 15.9 Å². The molecule has 0 fully saturated rings. The van der Waals surface area contributed by atoms with Crippen LogP contribution in [-0.2, 0) is 14.8 Å². The molecule has 0 atom stereocenters. The zero-order valence-corrected chi connectivity index (χ0v) is 14.0. The summed E-state index contributed by atoms with van der Waals surface area (Å²) in [5.41, 5.74) is 0.876. The van der Waals surface area contributed by atoms with E-state index >= 15 is 0 Å². The Morgan fingerprint density at radius 1 is 1.26 bits per heavy atom. The first-order valence-corrected chi connectivity index (χ1v) is 8.54. The second-order valence-corrected chi connectivity index (χ2v) is 6.97. The van der Waals surface area contributed by atoms with Crippen LogP contribution in [0.2, 0.25) is 0 Å². The topological polar surface area (TPSA) is 99.9 Å². The van der Waals surface area contributed by atoms with E-state index in [4.69, 9.17) is 5.26 Å². The zero-order chi connectivity index (χ0) is 16.9. The average Bonchev–Trinajstić information content (AvgIpc) is 2.53. The molecule has 1 aromatic carbocycles. The number of nitrogens with zero attached hydrogens (tertiary/aromatic N) is 2. The van der Waals surface area contributed by atoms with Gasteiger partial charge in [-0.1, -0.05) is 15.9 Å². The van der Waals surface area contributed by atoms with Crippen LogP contribution in [-0.4, -0.2) is 19.3 Å². The molecule has 0 spiro atoms. The summed E-state index contributed by atoms with van der Waals surface area (Å²) in [7, 11) is -4.06. The van der Waals surface area contributed by atoms with Crippen molar-refractivity contribution in [3.05, 3.63) is 64.4 Å². The van der Waals surface area contributed by atoms with Gasteiger partial charge in [-0.15, -0.1) is 0 Å². The second-order valence-electron chi connectivity index (χ2n) is 4.37. The van der Waals surface area contributed by atoms with Crippen molar-refractivity contribution in [2.75, 3.05) is 0 Å². The van der Waals surface area contributed by atoms with Crippen molar-refractivity contribution in [3.8, 4) is 6.07 Å². The van der Waals surface area contributed by atoms with Gasteiger partial charge < -0.3 is 0 Å². The van der Waals surface area contributed by atoms with Crippen LogP contribution in [0, 0.1) is 11.3 Å². The van der Waals surface area contributed by atoms with Gasteiger partial charge in [0.15, 0.2) is 0 Å². The van der Waals surface area contributed by atoms with E-state index in [0.717, 1.165) is 6.08 Å². The number of hydrogen-bond donors (Lipinski definition) is 1. The predicted molar refractivity (Wildman–Crippen MR) is 87.5 cm³/mol. The molecule has 2 rings (SSSR count). The Balaban J connectivity index is 2.18. The molecule has 6 nitrogen and oxygen atoms in total. The van der Waals surface area contributed by atoms with Gasteiger partial charge in [-0.2, -0.15) is 5.26 Å². The van der Waals surface area contributed by atoms with Gasteiger partial charge in [-0.05, 0) is 42.0 Å². The van der Waals surface area contributed by atoms with Gasteiger partial charge in [-0.3, -0.25) is 9.78 Å². The van der Waals surface area contributed by atoms with Crippen molar-refractivity contribution in [2.24, 2.45) is 0 Å². The molecule has 0 bridgehead atoms. The van der Waals surface area contributed by atoms with E-state index in [1.807, 2.05) is 10.8 Å². The van der Waals surface area contributed by atoms with Crippen molar-refractivity contribution < 1.29 is 13.2 Å². The van der Waals surface area contributed by atoms with E-state index in [0.29, 0.717) is 10.0 Å². The van der Waals surface area contributed by atoms with Gasteiger partial charge in [0.25, 0.3) is 15.9 Å². The SMILES string of the molecule is N#Cc1cc(Br)cc(S(=O)(=O)NC(=O)/C=C/c2ccncc2)c1. The Morgan fingerprint density at radius 3 is 2.61 bits per heavy atom. The molecule has 0 aliphatic rings. The highest BCUT2D eigenvalue weighted by atomic mass is 79.9.